The van der Waals surface area contributed by atoms with E-state index >= 15 is 0 Å². The Hall–Kier alpha value is -8.41. The predicted octanol–water partition coefficient (Wildman–Crippen LogP) is 14.3. The van der Waals surface area contributed by atoms with Gasteiger partial charge < -0.3 is 4.57 Å². The topological polar surface area (TPSA) is 48.5 Å². The van der Waals surface area contributed by atoms with Gasteiger partial charge in [0.2, 0.25) is 5.95 Å². The number of benzene rings is 9. The van der Waals surface area contributed by atoms with Crippen molar-refractivity contribution in [1.29, 1.82) is 0 Å². The first-order chi connectivity index (χ1) is 31.2. The molecule has 0 N–H and O–H groups in total. The summed E-state index contributed by atoms with van der Waals surface area (Å²) in [5.41, 5.74) is 17.7. The Balaban J connectivity index is 1.08. The number of aromatic nitrogens is 5. The summed E-state index contributed by atoms with van der Waals surface area (Å²) in [6.07, 6.45) is 0.895. The van der Waals surface area contributed by atoms with Crippen LogP contribution in [-0.2, 0) is 6.42 Å². The molecule has 9 aromatic carbocycles. The number of rotatable bonds is 6. The zero-order valence-corrected chi connectivity index (χ0v) is 34.2. The summed E-state index contributed by atoms with van der Waals surface area (Å²) in [5, 5.41) is 4.71. The lowest BCUT2D eigenvalue weighted by Gasteiger charge is -2.16. The summed E-state index contributed by atoms with van der Waals surface area (Å²) in [5.74, 6) is 1.84. The molecule has 0 unspecified atom stereocenters. The second-order valence-corrected chi connectivity index (χ2v) is 16.4. The molecule has 13 rings (SSSR count). The van der Waals surface area contributed by atoms with Crippen molar-refractivity contribution >= 4 is 43.6 Å². The Morgan fingerprint density at radius 3 is 1.43 bits per heavy atom. The first kappa shape index (κ1) is 35.4. The maximum atomic E-state index is 5.22. The Kier molecular flexibility index (Phi) is 7.90. The lowest BCUT2D eigenvalue weighted by molar-refractivity contribution is 0.953. The van der Waals surface area contributed by atoms with Gasteiger partial charge in [0.25, 0.3) is 0 Å². The van der Waals surface area contributed by atoms with Gasteiger partial charge in [0.05, 0.1) is 22.1 Å². The van der Waals surface area contributed by atoms with E-state index in [1.54, 1.807) is 0 Å². The molecular formula is C58H37N5. The van der Waals surface area contributed by atoms with Crippen LogP contribution in [0.1, 0.15) is 11.1 Å². The fourth-order valence-corrected chi connectivity index (χ4v) is 9.98. The molecule has 1 aliphatic carbocycles. The summed E-state index contributed by atoms with van der Waals surface area (Å²) >= 11 is 0. The fraction of sp³-hybridized carbons (Fsp3) is 0.0172. The first-order valence-corrected chi connectivity index (χ1v) is 21.5. The predicted molar refractivity (Wildman–Crippen MR) is 258 cm³/mol. The van der Waals surface area contributed by atoms with Gasteiger partial charge in [-0.05, 0) is 93.4 Å². The molecule has 294 valence electrons. The van der Waals surface area contributed by atoms with E-state index in [9.17, 15) is 0 Å². The molecule has 0 atom stereocenters. The number of hydrogen-bond acceptors (Lipinski definition) is 3. The Labute approximate surface area is 363 Å². The third-order valence-electron chi connectivity index (χ3n) is 12.8. The second-order valence-electron chi connectivity index (χ2n) is 16.4. The third kappa shape index (κ3) is 5.60. The maximum absolute atomic E-state index is 5.22. The molecular weight excluding hydrogens is 767 g/mol. The molecule has 3 aromatic heterocycles. The van der Waals surface area contributed by atoms with E-state index in [0.717, 1.165) is 50.7 Å². The minimum absolute atomic E-state index is 0.580. The Morgan fingerprint density at radius 1 is 0.333 bits per heavy atom. The highest BCUT2D eigenvalue weighted by Crippen LogP contribution is 2.47. The van der Waals surface area contributed by atoms with Crippen molar-refractivity contribution in [2.75, 3.05) is 0 Å². The Morgan fingerprint density at radius 2 is 0.825 bits per heavy atom. The van der Waals surface area contributed by atoms with Gasteiger partial charge >= 0.3 is 0 Å². The quantitative estimate of drug-likeness (QED) is 0.168. The van der Waals surface area contributed by atoms with Crippen LogP contribution in [0.25, 0.3) is 111 Å². The number of para-hydroxylation sites is 2. The monoisotopic (exact) mass is 803 g/mol. The Bertz CT molecular complexity index is 3680. The largest absolute Gasteiger partial charge is 0.309 e. The summed E-state index contributed by atoms with van der Waals surface area (Å²) in [7, 11) is 0. The highest BCUT2D eigenvalue weighted by molar-refractivity contribution is 6.28. The van der Waals surface area contributed by atoms with Crippen LogP contribution in [0, 0.1) is 0 Å². The molecule has 1 aliphatic rings. The minimum Gasteiger partial charge on any atom is -0.309 e. The standard InChI is InChI=1S/C58H37N5/c1-5-17-37(18-6-1)41-29-30-42-34-48-47(38-19-7-2-8-20-38)35-43(36-49(48)46(42)33-41)62-50-27-15-13-25-44(50)54-52(62)31-32-53-55(54)45-26-14-16-28-51(45)63(53)58-60-56(39-21-9-3-10-22-39)59-57(61-58)40-23-11-4-12-24-40/h1-33,35-36H,34H2. The molecule has 3 heterocycles. The molecule has 0 fully saturated rings. The summed E-state index contributed by atoms with van der Waals surface area (Å²) in [6, 6.07) is 75.9. The van der Waals surface area contributed by atoms with Crippen molar-refractivity contribution in [3.05, 3.63) is 223 Å². The van der Waals surface area contributed by atoms with E-state index in [2.05, 4.69) is 185 Å². The van der Waals surface area contributed by atoms with E-state index in [1.165, 1.54) is 60.7 Å². The van der Waals surface area contributed by atoms with Gasteiger partial charge in [-0.3, -0.25) is 4.57 Å². The molecule has 0 radical (unpaired) electrons. The van der Waals surface area contributed by atoms with Crippen molar-refractivity contribution in [1.82, 2.24) is 24.1 Å². The van der Waals surface area contributed by atoms with Crippen LogP contribution >= 0.6 is 0 Å². The van der Waals surface area contributed by atoms with Crippen molar-refractivity contribution in [2.45, 2.75) is 6.42 Å². The molecule has 5 heteroatoms. The smallest absolute Gasteiger partial charge is 0.238 e. The lowest BCUT2D eigenvalue weighted by Crippen LogP contribution is -2.06. The summed E-state index contributed by atoms with van der Waals surface area (Å²) < 4.78 is 4.70. The number of nitrogens with zero attached hydrogens (tertiary/aromatic N) is 5. The van der Waals surface area contributed by atoms with Gasteiger partial charge in [0, 0.05) is 38.4 Å². The first-order valence-electron chi connectivity index (χ1n) is 21.5. The number of fused-ring (bicyclic) bond motifs is 10. The van der Waals surface area contributed by atoms with E-state index in [0.29, 0.717) is 17.6 Å². The van der Waals surface area contributed by atoms with E-state index in [-0.39, 0.29) is 0 Å². The molecule has 0 saturated carbocycles. The number of hydrogen-bond donors (Lipinski definition) is 0. The van der Waals surface area contributed by atoms with Crippen LogP contribution in [0.5, 0.6) is 0 Å². The highest BCUT2D eigenvalue weighted by atomic mass is 15.2. The zero-order valence-electron chi connectivity index (χ0n) is 34.2. The third-order valence-corrected chi connectivity index (χ3v) is 12.8. The van der Waals surface area contributed by atoms with Crippen LogP contribution in [0.4, 0.5) is 0 Å². The van der Waals surface area contributed by atoms with Crippen LogP contribution in [0.15, 0.2) is 212 Å². The molecule has 0 saturated heterocycles. The van der Waals surface area contributed by atoms with E-state index in [4.69, 9.17) is 15.0 Å². The SMILES string of the molecule is c1ccc(-c2ccc3c(c2)-c2cc(-n4c5ccccc5c5c6c7ccccc7n(-c7nc(-c8ccccc8)nc(-c8ccccc8)n7)c6ccc54)cc(-c4ccccc4)c2C3)cc1. The van der Waals surface area contributed by atoms with E-state index in [1.807, 2.05) is 36.4 Å². The molecule has 5 nitrogen and oxygen atoms in total. The van der Waals surface area contributed by atoms with Crippen LogP contribution in [-0.4, -0.2) is 24.1 Å². The average molecular weight is 804 g/mol. The minimum atomic E-state index is 0.580. The normalized spacial score (nSPS) is 12.1. The highest BCUT2D eigenvalue weighted by Gasteiger charge is 2.27. The molecule has 0 bridgehead atoms. The second kappa shape index (κ2) is 14.1. The maximum Gasteiger partial charge on any atom is 0.238 e. The van der Waals surface area contributed by atoms with Crippen molar-refractivity contribution in [2.24, 2.45) is 0 Å². The van der Waals surface area contributed by atoms with Gasteiger partial charge in [-0.25, -0.2) is 4.98 Å². The average Bonchev–Trinajstić information content (AvgIpc) is 4.02. The van der Waals surface area contributed by atoms with E-state index < -0.39 is 0 Å². The zero-order chi connectivity index (χ0) is 41.4. The lowest BCUT2D eigenvalue weighted by atomic mass is 9.94. The van der Waals surface area contributed by atoms with Crippen molar-refractivity contribution in [3.8, 4) is 67.8 Å². The van der Waals surface area contributed by atoms with Crippen molar-refractivity contribution in [3.63, 3.8) is 0 Å². The van der Waals surface area contributed by atoms with Gasteiger partial charge in [-0.15, -0.1) is 0 Å². The summed E-state index contributed by atoms with van der Waals surface area (Å²) in [4.78, 5) is 15.5. The van der Waals surface area contributed by atoms with Gasteiger partial charge in [0.15, 0.2) is 11.6 Å². The summed E-state index contributed by atoms with van der Waals surface area (Å²) in [6.45, 7) is 0. The molecule has 12 aromatic rings. The van der Waals surface area contributed by atoms with Gasteiger partial charge in [0.1, 0.15) is 0 Å². The fourth-order valence-electron chi connectivity index (χ4n) is 9.98. The van der Waals surface area contributed by atoms with Crippen molar-refractivity contribution < 1.29 is 0 Å². The molecule has 0 amide bonds. The molecule has 0 aliphatic heterocycles. The molecule has 63 heavy (non-hydrogen) atoms. The molecule has 0 spiro atoms. The van der Waals surface area contributed by atoms with Crippen LogP contribution in [0.2, 0.25) is 0 Å². The van der Waals surface area contributed by atoms with Crippen LogP contribution in [0.3, 0.4) is 0 Å². The van der Waals surface area contributed by atoms with Gasteiger partial charge in [-0.1, -0.05) is 170 Å². The van der Waals surface area contributed by atoms with Crippen LogP contribution < -0.4 is 0 Å². The van der Waals surface area contributed by atoms with Gasteiger partial charge in [-0.2, -0.15) is 9.97 Å².